The summed E-state index contributed by atoms with van der Waals surface area (Å²) in [7, 11) is 1.57. The molecule has 0 radical (unpaired) electrons. The van der Waals surface area contributed by atoms with E-state index in [0.29, 0.717) is 17.2 Å². The summed E-state index contributed by atoms with van der Waals surface area (Å²) in [6.45, 7) is -0.210. The van der Waals surface area contributed by atoms with E-state index in [1.807, 2.05) is 0 Å². The molecular formula is C32H25F3N4O7. The molecule has 2 aliphatic rings. The Morgan fingerprint density at radius 1 is 0.935 bits per heavy atom. The summed E-state index contributed by atoms with van der Waals surface area (Å²) < 4.78 is 54.6. The molecule has 0 aliphatic carbocycles. The molecule has 4 aromatic rings. The van der Waals surface area contributed by atoms with Crippen molar-refractivity contribution >= 4 is 29.3 Å². The fraction of sp³-hybridized carbons (Fsp3) is 0.219. The van der Waals surface area contributed by atoms with Gasteiger partial charge in [0.15, 0.2) is 23.0 Å². The van der Waals surface area contributed by atoms with Crippen molar-refractivity contribution in [1.29, 1.82) is 0 Å². The number of aromatic nitrogens is 2. The molecule has 11 nitrogen and oxygen atoms in total. The van der Waals surface area contributed by atoms with E-state index in [2.05, 4.69) is 5.10 Å². The number of amides is 2. The third-order valence-corrected chi connectivity index (χ3v) is 7.76. The zero-order valence-corrected chi connectivity index (χ0v) is 24.2. The molecule has 0 saturated carbocycles. The third kappa shape index (κ3) is 5.76. The third-order valence-electron chi connectivity index (χ3n) is 7.76. The van der Waals surface area contributed by atoms with E-state index in [1.54, 1.807) is 43.4 Å². The van der Waals surface area contributed by atoms with Crippen LogP contribution in [0.3, 0.4) is 0 Å². The Kier molecular flexibility index (Phi) is 7.72. The van der Waals surface area contributed by atoms with Crippen molar-refractivity contribution in [2.24, 2.45) is 0 Å². The van der Waals surface area contributed by atoms with Gasteiger partial charge in [0.2, 0.25) is 6.79 Å². The number of carbonyl (C=O) groups excluding carboxylic acids is 3. The number of halogens is 3. The van der Waals surface area contributed by atoms with E-state index in [4.69, 9.17) is 14.6 Å². The van der Waals surface area contributed by atoms with Crippen LogP contribution in [0.25, 0.3) is 5.69 Å². The molecule has 3 heterocycles. The topological polar surface area (TPSA) is 131 Å². The van der Waals surface area contributed by atoms with Crippen molar-refractivity contribution in [3.8, 4) is 17.2 Å². The van der Waals surface area contributed by atoms with Gasteiger partial charge in [-0.15, -0.1) is 0 Å². The molecule has 236 valence electrons. The van der Waals surface area contributed by atoms with Crippen LogP contribution in [0.15, 0.2) is 66.7 Å². The Bertz CT molecular complexity index is 1890. The fourth-order valence-electron chi connectivity index (χ4n) is 5.43. The smallest absolute Gasteiger partial charge is 0.435 e. The molecule has 1 N–H and O–H groups in total. The summed E-state index contributed by atoms with van der Waals surface area (Å²) in [4.78, 5) is 52.1. The van der Waals surface area contributed by atoms with Crippen LogP contribution in [0.2, 0.25) is 0 Å². The van der Waals surface area contributed by atoms with Crippen molar-refractivity contribution in [2.75, 3.05) is 25.3 Å². The Balaban J connectivity index is 1.26. The van der Waals surface area contributed by atoms with Crippen LogP contribution in [0.1, 0.15) is 54.4 Å². The standard InChI is InChI=1S/C32H25F3N4O7/c1-37(21-9-10-26-27(14-21)46-17-45-26)30(43)20-3-2-4-22(13-20)39-24-11-12-38(16-23(24)29(36-39)32(33,34)35)31(44)19-7-5-18(6-8-19)25(40)15-28(41)42/h2-10,13-14H,11-12,15-17H2,1H3,(H,41,42). The zero-order chi connectivity index (χ0) is 32.7. The van der Waals surface area contributed by atoms with E-state index in [9.17, 15) is 32.3 Å². The predicted octanol–water partition coefficient (Wildman–Crippen LogP) is 4.75. The Morgan fingerprint density at radius 3 is 2.37 bits per heavy atom. The highest BCUT2D eigenvalue weighted by molar-refractivity contribution is 6.07. The number of carbonyl (C=O) groups is 4. The number of nitrogens with zero attached hydrogens (tertiary/aromatic N) is 4. The van der Waals surface area contributed by atoms with Crippen LogP contribution in [0.5, 0.6) is 11.5 Å². The van der Waals surface area contributed by atoms with Gasteiger partial charge in [-0.2, -0.15) is 18.3 Å². The average molecular weight is 635 g/mol. The molecule has 1 aromatic heterocycles. The predicted molar refractivity (Wildman–Crippen MR) is 155 cm³/mol. The van der Waals surface area contributed by atoms with Gasteiger partial charge >= 0.3 is 12.1 Å². The molecule has 0 bridgehead atoms. The van der Waals surface area contributed by atoms with Gasteiger partial charge in [0, 0.05) is 60.6 Å². The van der Waals surface area contributed by atoms with E-state index in [0.717, 1.165) is 0 Å². The summed E-state index contributed by atoms with van der Waals surface area (Å²) in [5, 5.41) is 12.7. The van der Waals surface area contributed by atoms with E-state index >= 15 is 0 Å². The maximum Gasteiger partial charge on any atom is 0.435 e. The number of hydrogen-bond donors (Lipinski definition) is 1. The van der Waals surface area contributed by atoms with Crippen molar-refractivity contribution in [3.05, 3.63) is 100 Å². The summed E-state index contributed by atoms with van der Waals surface area (Å²) in [6, 6.07) is 16.4. The van der Waals surface area contributed by atoms with Gasteiger partial charge in [-0.05, 0) is 42.5 Å². The van der Waals surface area contributed by atoms with E-state index < -0.39 is 41.9 Å². The molecule has 0 saturated heterocycles. The second-order valence-corrected chi connectivity index (χ2v) is 10.7. The fourth-order valence-corrected chi connectivity index (χ4v) is 5.43. The first kappa shape index (κ1) is 30.4. The highest BCUT2D eigenvalue weighted by atomic mass is 19.4. The monoisotopic (exact) mass is 634 g/mol. The molecule has 0 spiro atoms. The normalized spacial score (nSPS) is 13.7. The molecule has 14 heteroatoms. The van der Waals surface area contributed by atoms with Crippen molar-refractivity contribution in [2.45, 2.75) is 25.6 Å². The maximum atomic E-state index is 14.2. The summed E-state index contributed by atoms with van der Waals surface area (Å²) in [5.74, 6) is -1.85. The maximum absolute atomic E-state index is 14.2. The second-order valence-electron chi connectivity index (χ2n) is 10.7. The molecule has 2 aliphatic heterocycles. The number of rotatable bonds is 7. The number of aliphatic carboxylic acids is 1. The van der Waals surface area contributed by atoms with E-state index in [-0.39, 0.29) is 59.9 Å². The number of Topliss-reactive ketones (excluding diaryl/α,β-unsaturated/α-hetero) is 1. The SMILES string of the molecule is CN(C(=O)c1cccc(-n2nc(C(F)(F)F)c3c2CCN(C(=O)c2ccc(C(=O)CC(=O)O)cc2)C3)c1)c1ccc2c(c1)OCO2. The summed E-state index contributed by atoms with van der Waals surface area (Å²) >= 11 is 0. The molecule has 0 atom stereocenters. The van der Waals surface area contributed by atoms with Gasteiger partial charge < -0.3 is 24.4 Å². The molecule has 6 rings (SSSR count). The lowest BCUT2D eigenvalue weighted by Gasteiger charge is -2.28. The van der Waals surface area contributed by atoms with Crippen molar-refractivity contribution in [3.63, 3.8) is 0 Å². The lowest BCUT2D eigenvalue weighted by Crippen LogP contribution is -2.37. The molecule has 3 aromatic carbocycles. The number of fused-ring (bicyclic) bond motifs is 2. The number of ketones is 1. The number of anilines is 1. The summed E-state index contributed by atoms with van der Waals surface area (Å²) in [6.07, 6.45) is -5.48. The zero-order valence-electron chi connectivity index (χ0n) is 24.2. The molecule has 46 heavy (non-hydrogen) atoms. The number of alkyl halides is 3. The van der Waals surface area contributed by atoms with Crippen LogP contribution < -0.4 is 14.4 Å². The lowest BCUT2D eigenvalue weighted by molar-refractivity contribution is -0.142. The number of ether oxygens (including phenoxy) is 2. The second kappa shape index (κ2) is 11.7. The first-order valence-corrected chi connectivity index (χ1v) is 14.0. The largest absolute Gasteiger partial charge is 0.481 e. The van der Waals surface area contributed by atoms with Crippen LogP contribution >= 0.6 is 0 Å². The Labute approximate surface area is 259 Å². The molecule has 0 fully saturated rings. The minimum absolute atomic E-state index is 0.0502. The van der Waals surface area contributed by atoms with Gasteiger partial charge in [-0.25, -0.2) is 4.68 Å². The number of carboxylic acid groups (broad SMARTS) is 1. The number of hydrogen-bond acceptors (Lipinski definition) is 7. The lowest BCUT2D eigenvalue weighted by atomic mass is 10.0. The minimum Gasteiger partial charge on any atom is -0.481 e. The van der Waals surface area contributed by atoms with Gasteiger partial charge in [0.1, 0.15) is 6.42 Å². The summed E-state index contributed by atoms with van der Waals surface area (Å²) in [5.41, 5.74) is 0.198. The number of carboxylic acids is 1. The molecule has 2 amide bonds. The van der Waals surface area contributed by atoms with Gasteiger partial charge in [0.25, 0.3) is 11.8 Å². The highest BCUT2D eigenvalue weighted by Crippen LogP contribution is 2.37. The Hall–Kier alpha value is -5.66. The molecule has 0 unspecified atom stereocenters. The van der Waals surface area contributed by atoms with Crippen molar-refractivity contribution in [1.82, 2.24) is 14.7 Å². The van der Waals surface area contributed by atoms with Crippen molar-refractivity contribution < 1.29 is 46.9 Å². The van der Waals surface area contributed by atoms with Crippen LogP contribution in [0.4, 0.5) is 18.9 Å². The van der Waals surface area contributed by atoms with Crippen LogP contribution in [0, 0.1) is 0 Å². The quantitative estimate of drug-likeness (QED) is 0.228. The van der Waals surface area contributed by atoms with Gasteiger partial charge in [-0.1, -0.05) is 18.2 Å². The highest BCUT2D eigenvalue weighted by Gasteiger charge is 2.41. The first-order valence-electron chi connectivity index (χ1n) is 14.0. The van der Waals surface area contributed by atoms with Gasteiger partial charge in [-0.3, -0.25) is 19.2 Å². The Morgan fingerprint density at radius 2 is 1.65 bits per heavy atom. The molecular weight excluding hydrogens is 609 g/mol. The van der Waals surface area contributed by atoms with Crippen LogP contribution in [-0.2, 0) is 23.9 Å². The first-order chi connectivity index (χ1) is 21.9. The average Bonchev–Trinajstić information content (AvgIpc) is 3.68. The van der Waals surface area contributed by atoms with Crippen LogP contribution in [-0.4, -0.2) is 63.7 Å². The minimum atomic E-state index is -4.82. The van der Waals surface area contributed by atoms with E-state index in [1.165, 1.54) is 44.8 Å². The number of benzene rings is 3. The van der Waals surface area contributed by atoms with Gasteiger partial charge in [0.05, 0.1) is 11.4 Å².